The molecule has 0 bridgehead atoms. The maximum absolute atomic E-state index is 5.86. The molecule has 0 aliphatic carbocycles. The number of anilines is 1. The maximum Gasteiger partial charge on any atom is 0.131 e. The fourth-order valence-corrected chi connectivity index (χ4v) is 2.00. The average Bonchev–Trinajstić information content (AvgIpc) is 2.39. The molecule has 2 aromatic rings. The number of pyridine rings is 1. The Hall–Kier alpha value is -1.54. The van der Waals surface area contributed by atoms with E-state index in [0.717, 1.165) is 12.2 Å². The van der Waals surface area contributed by atoms with Gasteiger partial charge in [0, 0.05) is 6.04 Å². The van der Waals surface area contributed by atoms with Gasteiger partial charge in [0.25, 0.3) is 0 Å². The van der Waals surface area contributed by atoms with E-state index in [1.54, 1.807) is 6.07 Å². The molecule has 18 heavy (non-hydrogen) atoms. The van der Waals surface area contributed by atoms with Gasteiger partial charge in [-0.05, 0) is 36.6 Å². The summed E-state index contributed by atoms with van der Waals surface area (Å²) in [6.45, 7) is 4.27. The Labute approximate surface area is 113 Å². The first-order valence-electron chi connectivity index (χ1n) is 6.17. The second-order valence-corrected chi connectivity index (χ2v) is 4.69. The number of nitrogens with zero attached hydrogens (tertiary/aromatic N) is 1. The standard InChI is InChI=1S/C15H17ClN2/c1-3-12-7-9-13(10-8-12)11(2)17-15-6-4-5-14(16)18-15/h4-11H,3H2,1-2H3,(H,17,18). The largest absolute Gasteiger partial charge is 0.364 e. The quantitative estimate of drug-likeness (QED) is 0.821. The second-order valence-electron chi connectivity index (χ2n) is 4.31. The Morgan fingerprint density at radius 1 is 1.17 bits per heavy atom. The summed E-state index contributed by atoms with van der Waals surface area (Å²) in [7, 11) is 0. The summed E-state index contributed by atoms with van der Waals surface area (Å²) in [4.78, 5) is 4.23. The molecule has 94 valence electrons. The smallest absolute Gasteiger partial charge is 0.131 e. The van der Waals surface area contributed by atoms with E-state index in [1.807, 2.05) is 12.1 Å². The van der Waals surface area contributed by atoms with Crippen molar-refractivity contribution in [3.05, 3.63) is 58.7 Å². The van der Waals surface area contributed by atoms with Gasteiger partial charge in [-0.2, -0.15) is 0 Å². The lowest BCUT2D eigenvalue weighted by atomic mass is 10.1. The highest BCUT2D eigenvalue weighted by Gasteiger charge is 2.06. The fourth-order valence-electron chi connectivity index (χ4n) is 1.84. The molecule has 2 nitrogen and oxygen atoms in total. The topological polar surface area (TPSA) is 24.9 Å². The summed E-state index contributed by atoms with van der Waals surface area (Å²) in [6, 6.07) is 14.4. The Kier molecular flexibility index (Phi) is 4.21. The number of halogens is 1. The molecule has 3 heteroatoms. The Bertz CT molecular complexity index is 508. The lowest BCUT2D eigenvalue weighted by Crippen LogP contribution is -2.07. The van der Waals surface area contributed by atoms with Crippen molar-refractivity contribution >= 4 is 17.4 Å². The van der Waals surface area contributed by atoms with E-state index >= 15 is 0 Å². The van der Waals surface area contributed by atoms with Gasteiger partial charge in [0.05, 0.1) is 0 Å². The molecule has 1 atom stereocenters. The molecule has 1 aromatic carbocycles. The first-order valence-corrected chi connectivity index (χ1v) is 6.54. The SMILES string of the molecule is CCc1ccc(C(C)Nc2cccc(Cl)n2)cc1. The van der Waals surface area contributed by atoms with Crippen LogP contribution in [0.2, 0.25) is 5.15 Å². The molecule has 0 saturated heterocycles. The normalized spacial score (nSPS) is 12.2. The van der Waals surface area contributed by atoms with E-state index in [0.29, 0.717) is 5.15 Å². The molecule has 1 unspecified atom stereocenters. The van der Waals surface area contributed by atoms with Crippen LogP contribution in [0, 0.1) is 0 Å². The van der Waals surface area contributed by atoms with Crippen molar-refractivity contribution in [2.75, 3.05) is 5.32 Å². The summed E-state index contributed by atoms with van der Waals surface area (Å²) < 4.78 is 0. The minimum absolute atomic E-state index is 0.210. The summed E-state index contributed by atoms with van der Waals surface area (Å²) >= 11 is 5.86. The highest BCUT2D eigenvalue weighted by molar-refractivity contribution is 6.29. The highest BCUT2D eigenvalue weighted by Crippen LogP contribution is 2.19. The third-order valence-corrected chi connectivity index (χ3v) is 3.18. The molecule has 1 aromatic heterocycles. The number of nitrogens with one attached hydrogen (secondary N) is 1. The van der Waals surface area contributed by atoms with Gasteiger partial charge in [-0.1, -0.05) is 48.9 Å². The van der Waals surface area contributed by atoms with Crippen LogP contribution in [0.25, 0.3) is 0 Å². The molecule has 0 fully saturated rings. The zero-order valence-corrected chi connectivity index (χ0v) is 11.4. The Morgan fingerprint density at radius 2 is 1.89 bits per heavy atom. The van der Waals surface area contributed by atoms with Crippen LogP contribution in [-0.2, 0) is 6.42 Å². The monoisotopic (exact) mass is 260 g/mol. The molecular formula is C15H17ClN2. The van der Waals surface area contributed by atoms with Crippen molar-refractivity contribution in [1.82, 2.24) is 4.98 Å². The molecule has 0 saturated carbocycles. The van der Waals surface area contributed by atoms with Gasteiger partial charge in [-0.25, -0.2) is 4.98 Å². The second kappa shape index (κ2) is 5.87. The predicted molar refractivity (Wildman–Crippen MR) is 77.1 cm³/mol. The molecule has 1 N–H and O–H groups in total. The average molecular weight is 261 g/mol. The predicted octanol–water partition coefficient (Wildman–Crippen LogP) is 4.47. The number of hydrogen-bond donors (Lipinski definition) is 1. The van der Waals surface area contributed by atoms with Crippen LogP contribution in [0.5, 0.6) is 0 Å². The lowest BCUT2D eigenvalue weighted by molar-refractivity contribution is 0.873. The molecular weight excluding hydrogens is 244 g/mol. The third-order valence-electron chi connectivity index (χ3n) is 2.97. The van der Waals surface area contributed by atoms with Gasteiger partial charge < -0.3 is 5.32 Å². The lowest BCUT2D eigenvalue weighted by Gasteiger charge is -2.15. The minimum atomic E-state index is 0.210. The van der Waals surface area contributed by atoms with E-state index in [1.165, 1.54) is 11.1 Å². The summed E-state index contributed by atoms with van der Waals surface area (Å²) in [5, 5.41) is 3.85. The van der Waals surface area contributed by atoms with Gasteiger partial charge in [0.2, 0.25) is 0 Å². The molecule has 0 amide bonds. The van der Waals surface area contributed by atoms with Crippen LogP contribution in [0.4, 0.5) is 5.82 Å². The first kappa shape index (κ1) is 12.9. The summed E-state index contributed by atoms with van der Waals surface area (Å²) in [6.07, 6.45) is 1.07. The van der Waals surface area contributed by atoms with E-state index in [-0.39, 0.29) is 6.04 Å². The Balaban J connectivity index is 2.09. The van der Waals surface area contributed by atoms with Crippen LogP contribution in [0.15, 0.2) is 42.5 Å². The van der Waals surface area contributed by atoms with Crippen molar-refractivity contribution in [2.24, 2.45) is 0 Å². The molecule has 0 aliphatic rings. The van der Waals surface area contributed by atoms with Crippen LogP contribution >= 0.6 is 11.6 Å². The number of aromatic nitrogens is 1. The van der Waals surface area contributed by atoms with Crippen LogP contribution < -0.4 is 5.32 Å². The van der Waals surface area contributed by atoms with Crippen molar-refractivity contribution in [3.63, 3.8) is 0 Å². The summed E-state index contributed by atoms with van der Waals surface area (Å²) in [5.74, 6) is 0.801. The molecule has 0 spiro atoms. The van der Waals surface area contributed by atoms with Gasteiger partial charge in [-0.3, -0.25) is 0 Å². The van der Waals surface area contributed by atoms with Crippen molar-refractivity contribution in [3.8, 4) is 0 Å². The van der Waals surface area contributed by atoms with E-state index in [4.69, 9.17) is 11.6 Å². The zero-order valence-electron chi connectivity index (χ0n) is 10.7. The number of rotatable bonds is 4. The van der Waals surface area contributed by atoms with Gasteiger partial charge in [0.15, 0.2) is 0 Å². The fraction of sp³-hybridized carbons (Fsp3) is 0.267. The molecule has 1 heterocycles. The highest BCUT2D eigenvalue weighted by atomic mass is 35.5. The zero-order chi connectivity index (χ0) is 13.0. The van der Waals surface area contributed by atoms with Crippen molar-refractivity contribution in [1.29, 1.82) is 0 Å². The molecule has 0 aliphatic heterocycles. The van der Waals surface area contributed by atoms with Gasteiger partial charge in [-0.15, -0.1) is 0 Å². The van der Waals surface area contributed by atoms with E-state index in [2.05, 4.69) is 48.4 Å². The first-order chi connectivity index (χ1) is 8.69. The van der Waals surface area contributed by atoms with Crippen molar-refractivity contribution < 1.29 is 0 Å². The number of aryl methyl sites for hydroxylation is 1. The maximum atomic E-state index is 5.86. The van der Waals surface area contributed by atoms with Crippen LogP contribution in [0.1, 0.15) is 31.0 Å². The van der Waals surface area contributed by atoms with Gasteiger partial charge in [0.1, 0.15) is 11.0 Å². The van der Waals surface area contributed by atoms with Crippen LogP contribution in [-0.4, -0.2) is 4.98 Å². The number of hydrogen-bond acceptors (Lipinski definition) is 2. The molecule has 0 radical (unpaired) electrons. The third kappa shape index (κ3) is 3.23. The van der Waals surface area contributed by atoms with E-state index < -0.39 is 0 Å². The van der Waals surface area contributed by atoms with Crippen LogP contribution in [0.3, 0.4) is 0 Å². The van der Waals surface area contributed by atoms with E-state index in [9.17, 15) is 0 Å². The van der Waals surface area contributed by atoms with Gasteiger partial charge >= 0.3 is 0 Å². The van der Waals surface area contributed by atoms with Crippen molar-refractivity contribution in [2.45, 2.75) is 26.3 Å². The minimum Gasteiger partial charge on any atom is -0.364 e. The number of benzene rings is 1. The Morgan fingerprint density at radius 3 is 2.50 bits per heavy atom. The molecule has 2 rings (SSSR count). The summed E-state index contributed by atoms with van der Waals surface area (Å²) in [5.41, 5.74) is 2.60.